The predicted molar refractivity (Wildman–Crippen MR) is 71.2 cm³/mol. The van der Waals surface area contributed by atoms with E-state index in [1.807, 2.05) is 4.90 Å². The maximum Gasteiger partial charge on any atom is 0.254 e. The molecule has 1 fully saturated rings. The molecule has 4 heteroatoms. The molecule has 1 saturated heterocycles. The van der Waals surface area contributed by atoms with Crippen LogP contribution in [0.5, 0.6) is 0 Å². The zero-order valence-corrected chi connectivity index (χ0v) is 10.7. The number of anilines is 1. The van der Waals surface area contributed by atoms with Crippen LogP contribution in [0, 0.1) is 0 Å². The summed E-state index contributed by atoms with van der Waals surface area (Å²) >= 11 is 0. The number of nitrogens with zero attached hydrogens (tertiary/aromatic N) is 1. The largest absolute Gasteiger partial charge is 0.399 e. The summed E-state index contributed by atoms with van der Waals surface area (Å²) < 4.78 is 0. The lowest BCUT2D eigenvalue weighted by molar-refractivity contribution is 0.0682. The zero-order valence-electron chi connectivity index (χ0n) is 10.7. The number of benzene rings is 1. The van der Waals surface area contributed by atoms with Crippen LogP contribution in [-0.2, 0) is 0 Å². The van der Waals surface area contributed by atoms with Gasteiger partial charge in [-0.15, -0.1) is 0 Å². The third-order valence-corrected chi connectivity index (χ3v) is 3.41. The predicted octanol–water partition coefficient (Wildman–Crippen LogP) is 1.64. The van der Waals surface area contributed by atoms with Crippen LogP contribution in [0.25, 0.3) is 0 Å². The summed E-state index contributed by atoms with van der Waals surface area (Å²) in [5, 5.41) is 9.46. The summed E-state index contributed by atoms with van der Waals surface area (Å²) in [5.41, 5.74) is 6.94. The average molecular weight is 248 g/mol. The van der Waals surface area contributed by atoms with Crippen LogP contribution in [-0.4, -0.2) is 34.6 Å². The van der Waals surface area contributed by atoms with Crippen LogP contribution < -0.4 is 5.73 Å². The maximum atomic E-state index is 12.4. The molecule has 1 aliphatic rings. The van der Waals surface area contributed by atoms with E-state index in [9.17, 15) is 9.90 Å². The van der Waals surface area contributed by atoms with Crippen LogP contribution in [0.2, 0.25) is 0 Å². The molecule has 0 saturated carbocycles. The summed E-state index contributed by atoms with van der Waals surface area (Å²) in [5.74, 6) is 0.0400. The minimum Gasteiger partial charge on any atom is -0.399 e. The summed E-state index contributed by atoms with van der Waals surface area (Å²) in [4.78, 5) is 14.2. The van der Waals surface area contributed by atoms with Crippen LogP contribution in [0.15, 0.2) is 24.3 Å². The molecule has 0 radical (unpaired) electrons. The average Bonchev–Trinajstić information content (AvgIpc) is 2.76. The summed E-state index contributed by atoms with van der Waals surface area (Å²) in [6.45, 7) is 2.55. The van der Waals surface area contributed by atoms with Crippen molar-refractivity contribution in [2.75, 3.05) is 12.3 Å². The third-order valence-electron chi connectivity index (χ3n) is 3.41. The van der Waals surface area contributed by atoms with Crippen LogP contribution >= 0.6 is 0 Å². The number of amides is 1. The summed E-state index contributed by atoms with van der Waals surface area (Å²) in [7, 11) is 0. The Kier molecular flexibility index (Phi) is 3.87. The fourth-order valence-corrected chi connectivity index (χ4v) is 2.53. The lowest BCUT2D eigenvalue weighted by Gasteiger charge is -2.25. The Labute approximate surface area is 107 Å². The third kappa shape index (κ3) is 2.82. The van der Waals surface area contributed by atoms with Gasteiger partial charge in [0.15, 0.2) is 0 Å². The van der Waals surface area contributed by atoms with Gasteiger partial charge in [0, 0.05) is 23.8 Å². The summed E-state index contributed by atoms with van der Waals surface area (Å²) in [6.07, 6.45) is 2.28. The lowest BCUT2D eigenvalue weighted by Crippen LogP contribution is -2.37. The molecule has 1 amide bonds. The molecule has 2 atom stereocenters. The number of carbonyl (C=O) groups excluding carboxylic acids is 1. The van der Waals surface area contributed by atoms with E-state index in [1.54, 1.807) is 31.2 Å². The quantitative estimate of drug-likeness (QED) is 0.799. The number of aliphatic hydroxyl groups excluding tert-OH is 1. The van der Waals surface area contributed by atoms with Crippen molar-refractivity contribution in [1.29, 1.82) is 0 Å². The van der Waals surface area contributed by atoms with Crippen molar-refractivity contribution >= 4 is 11.6 Å². The number of likely N-dealkylation sites (tertiary alicyclic amines) is 1. The van der Waals surface area contributed by atoms with Crippen molar-refractivity contribution in [2.24, 2.45) is 0 Å². The second-order valence-corrected chi connectivity index (χ2v) is 5.00. The Morgan fingerprint density at radius 1 is 1.50 bits per heavy atom. The normalized spacial score (nSPS) is 21.0. The standard InChI is InChI=1S/C14H20N2O2/c1-10(17)9-13-3-2-8-16(13)14(18)11-4-6-12(15)7-5-11/h4-7,10,13,17H,2-3,8-9,15H2,1H3. The molecule has 1 aromatic rings. The molecule has 1 aliphatic heterocycles. The molecule has 0 bridgehead atoms. The van der Waals surface area contributed by atoms with E-state index in [-0.39, 0.29) is 18.1 Å². The number of carbonyl (C=O) groups is 1. The highest BCUT2D eigenvalue weighted by Gasteiger charge is 2.29. The second-order valence-electron chi connectivity index (χ2n) is 5.00. The van der Waals surface area contributed by atoms with Gasteiger partial charge in [0.1, 0.15) is 0 Å². The van der Waals surface area contributed by atoms with Crippen LogP contribution in [0.1, 0.15) is 36.5 Å². The summed E-state index contributed by atoms with van der Waals surface area (Å²) in [6, 6.07) is 7.17. The second kappa shape index (κ2) is 5.40. The zero-order chi connectivity index (χ0) is 13.1. The maximum absolute atomic E-state index is 12.4. The van der Waals surface area contributed by atoms with E-state index in [0.717, 1.165) is 19.4 Å². The molecule has 18 heavy (non-hydrogen) atoms. The van der Waals surface area contributed by atoms with Crippen molar-refractivity contribution < 1.29 is 9.90 Å². The highest BCUT2D eigenvalue weighted by Crippen LogP contribution is 2.23. The highest BCUT2D eigenvalue weighted by molar-refractivity contribution is 5.94. The van der Waals surface area contributed by atoms with Gasteiger partial charge >= 0.3 is 0 Å². The first-order valence-electron chi connectivity index (χ1n) is 6.42. The smallest absolute Gasteiger partial charge is 0.254 e. The van der Waals surface area contributed by atoms with E-state index in [4.69, 9.17) is 5.73 Å². The van der Waals surface area contributed by atoms with E-state index in [0.29, 0.717) is 17.7 Å². The van der Waals surface area contributed by atoms with Gasteiger partial charge in [0.2, 0.25) is 0 Å². The number of hydrogen-bond acceptors (Lipinski definition) is 3. The minimum absolute atomic E-state index is 0.0400. The molecule has 0 aromatic heterocycles. The van der Waals surface area contributed by atoms with Crippen LogP contribution in [0.3, 0.4) is 0 Å². The van der Waals surface area contributed by atoms with Gasteiger partial charge in [-0.25, -0.2) is 0 Å². The Balaban J connectivity index is 2.10. The molecule has 98 valence electrons. The first-order chi connectivity index (χ1) is 8.58. The minimum atomic E-state index is -0.366. The van der Waals surface area contributed by atoms with Crippen LogP contribution in [0.4, 0.5) is 5.69 Å². The van der Waals surface area contributed by atoms with E-state index >= 15 is 0 Å². The van der Waals surface area contributed by atoms with Crippen molar-refractivity contribution in [2.45, 2.75) is 38.3 Å². The number of nitrogens with two attached hydrogens (primary N) is 1. The molecule has 2 rings (SSSR count). The monoisotopic (exact) mass is 248 g/mol. The molecule has 0 spiro atoms. The van der Waals surface area contributed by atoms with Gasteiger partial charge in [0.25, 0.3) is 5.91 Å². The Hall–Kier alpha value is -1.55. The van der Waals surface area contributed by atoms with Gasteiger partial charge < -0.3 is 15.7 Å². The topological polar surface area (TPSA) is 66.6 Å². The first kappa shape index (κ1) is 12.9. The molecule has 0 aliphatic carbocycles. The van der Waals surface area contributed by atoms with Gasteiger partial charge in [-0.3, -0.25) is 4.79 Å². The van der Waals surface area contributed by atoms with Crippen molar-refractivity contribution in [3.05, 3.63) is 29.8 Å². The molecular formula is C14H20N2O2. The number of aliphatic hydroxyl groups is 1. The van der Waals surface area contributed by atoms with Crippen molar-refractivity contribution in [1.82, 2.24) is 4.90 Å². The highest BCUT2D eigenvalue weighted by atomic mass is 16.3. The van der Waals surface area contributed by atoms with E-state index in [1.165, 1.54) is 0 Å². The lowest BCUT2D eigenvalue weighted by atomic mass is 10.1. The van der Waals surface area contributed by atoms with E-state index in [2.05, 4.69) is 0 Å². The molecule has 1 aromatic carbocycles. The van der Waals surface area contributed by atoms with Gasteiger partial charge in [-0.2, -0.15) is 0 Å². The fourth-order valence-electron chi connectivity index (χ4n) is 2.53. The van der Waals surface area contributed by atoms with Gasteiger partial charge in [0.05, 0.1) is 6.10 Å². The van der Waals surface area contributed by atoms with Crippen molar-refractivity contribution in [3.63, 3.8) is 0 Å². The number of rotatable bonds is 3. The van der Waals surface area contributed by atoms with Crippen molar-refractivity contribution in [3.8, 4) is 0 Å². The number of nitrogen functional groups attached to an aromatic ring is 1. The first-order valence-corrected chi connectivity index (χ1v) is 6.42. The van der Waals surface area contributed by atoms with Gasteiger partial charge in [-0.1, -0.05) is 0 Å². The Bertz CT molecular complexity index is 414. The molecule has 3 N–H and O–H groups in total. The molecule has 1 heterocycles. The van der Waals surface area contributed by atoms with E-state index < -0.39 is 0 Å². The molecule has 2 unspecified atom stereocenters. The number of hydrogen-bond donors (Lipinski definition) is 2. The fraction of sp³-hybridized carbons (Fsp3) is 0.500. The Morgan fingerprint density at radius 2 is 2.17 bits per heavy atom. The Morgan fingerprint density at radius 3 is 2.78 bits per heavy atom. The van der Waals surface area contributed by atoms with Gasteiger partial charge in [-0.05, 0) is 50.5 Å². The molecular weight excluding hydrogens is 228 g/mol. The SMILES string of the molecule is CC(O)CC1CCCN1C(=O)c1ccc(N)cc1. The molecule has 4 nitrogen and oxygen atoms in total.